The maximum atomic E-state index is 12.5. The molecule has 2 aromatic rings. The minimum Gasteiger partial charge on any atom is -0.312 e. The summed E-state index contributed by atoms with van der Waals surface area (Å²) < 4.78 is 2.54. The summed E-state index contributed by atoms with van der Waals surface area (Å²) >= 11 is 3.32. The van der Waals surface area contributed by atoms with Crippen LogP contribution in [0.2, 0.25) is 12.6 Å². The highest BCUT2D eigenvalue weighted by Gasteiger charge is 2.25. The standard InChI is InChI=1S/C14H13BBrN3O/c16-13-7-10-3-6-19(14(20)12(10)8-18-13)11-1-4-15(9-17)5-2-11/h3,6-8,11H,1-2,4-5H2. The van der Waals surface area contributed by atoms with Crippen molar-refractivity contribution in [2.24, 2.45) is 0 Å². The summed E-state index contributed by atoms with van der Waals surface area (Å²) in [7, 11) is 0. The SMILES string of the molecule is N#CB1CCC(n2ccc3cc(Br)ncc3c2=O)CC1. The van der Waals surface area contributed by atoms with Crippen LogP contribution in [-0.2, 0) is 0 Å². The van der Waals surface area contributed by atoms with Gasteiger partial charge in [-0.25, -0.2) is 10.2 Å². The molecule has 1 saturated heterocycles. The predicted octanol–water partition coefficient (Wildman–Crippen LogP) is 3.05. The Morgan fingerprint density at radius 3 is 2.90 bits per heavy atom. The third-order valence-corrected chi connectivity index (χ3v) is 4.49. The molecule has 0 spiro atoms. The lowest BCUT2D eigenvalue weighted by Gasteiger charge is -2.25. The van der Waals surface area contributed by atoms with Gasteiger partial charge >= 0.3 is 0 Å². The van der Waals surface area contributed by atoms with Gasteiger partial charge in [0.1, 0.15) is 4.60 Å². The first kappa shape index (κ1) is 13.4. The van der Waals surface area contributed by atoms with Crippen LogP contribution in [0.4, 0.5) is 0 Å². The van der Waals surface area contributed by atoms with Gasteiger partial charge in [-0.15, -0.1) is 0 Å². The first-order valence-corrected chi connectivity index (χ1v) is 7.54. The van der Waals surface area contributed by atoms with Crippen molar-refractivity contribution in [3.63, 3.8) is 0 Å². The minimum atomic E-state index is 0.0166. The third-order valence-electron chi connectivity index (χ3n) is 4.05. The van der Waals surface area contributed by atoms with Crippen LogP contribution >= 0.6 is 15.9 Å². The van der Waals surface area contributed by atoms with Crippen LogP contribution in [0.25, 0.3) is 10.8 Å². The van der Waals surface area contributed by atoms with Gasteiger partial charge in [-0.1, -0.05) is 12.6 Å². The van der Waals surface area contributed by atoms with Crippen molar-refractivity contribution in [2.45, 2.75) is 31.5 Å². The molecule has 1 fully saturated rings. The van der Waals surface area contributed by atoms with E-state index in [2.05, 4.69) is 26.9 Å². The number of pyridine rings is 2. The van der Waals surface area contributed by atoms with Gasteiger partial charge in [0.15, 0.2) is 0 Å². The second kappa shape index (κ2) is 5.41. The number of hydrogen-bond acceptors (Lipinski definition) is 3. The number of halogens is 1. The fraction of sp³-hybridized carbons (Fsp3) is 0.357. The topological polar surface area (TPSA) is 58.7 Å². The second-order valence-electron chi connectivity index (χ2n) is 5.26. The lowest BCUT2D eigenvalue weighted by Crippen LogP contribution is -2.29. The van der Waals surface area contributed by atoms with Gasteiger partial charge in [0.25, 0.3) is 12.3 Å². The van der Waals surface area contributed by atoms with Gasteiger partial charge in [-0.3, -0.25) is 4.79 Å². The lowest BCUT2D eigenvalue weighted by molar-refractivity contribution is 0.445. The lowest BCUT2D eigenvalue weighted by atomic mass is 9.42. The summed E-state index contributed by atoms with van der Waals surface area (Å²) in [5.41, 5.74) is 0.0166. The largest absolute Gasteiger partial charge is 0.312 e. The molecule has 1 aliphatic rings. The first-order chi connectivity index (χ1) is 9.69. The Morgan fingerprint density at radius 1 is 1.45 bits per heavy atom. The molecule has 0 amide bonds. The number of hydrogen-bond donors (Lipinski definition) is 0. The third kappa shape index (κ3) is 2.38. The van der Waals surface area contributed by atoms with Crippen molar-refractivity contribution < 1.29 is 0 Å². The van der Waals surface area contributed by atoms with E-state index in [1.165, 1.54) is 0 Å². The van der Waals surface area contributed by atoms with Crippen molar-refractivity contribution in [3.05, 3.63) is 39.5 Å². The van der Waals surface area contributed by atoms with E-state index < -0.39 is 0 Å². The average molecular weight is 330 g/mol. The van der Waals surface area contributed by atoms with Crippen LogP contribution in [0.5, 0.6) is 0 Å². The van der Waals surface area contributed by atoms with Crippen molar-refractivity contribution in [2.75, 3.05) is 0 Å². The van der Waals surface area contributed by atoms with Crippen molar-refractivity contribution in [1.29, 1.82) is 5.26 Å². The molecule has 0 N–H and O–H groups in total. The number of nitrogens with zero attached hydrogens (tertiary/aromatic N) is 3. The molecule has 0 bridgehead atoms. The number of rotatable bonds is 1. The summed E-state index contributed by atoms with van der Waals surface area (Å²) in [5.74, 6) is 2.32. The molecule has 3 heterocycles. The quantitative estimate of drug-likeness (QED) is 0.596. The van der Waals surface area contributed by atoms with Crippen LogP contribution in [-0.4, -0.2) is 16.3 Å². The van der Waals surface area contributed by atoms with E-state index in [9.17, 15) is 4.79 Å². The molecule has 0 aromatic carbocycles. The van der Waals surface area contributed by atoms with E-state index in [-0.39, 0.29) is 18.3 Å². The highest BCUT2D eigenvalue weighted by Crippen LogP contribution is 2.28. The molecule has 100 valence electrons. The van der Waals surface area contributed by atoms with Crippen molar-refractivity contribution >= 4 is 33.4 Å². The van der Waals surface area contributed by atoms with Crippen molar-refractivity contribution in [1.82, 2.24) is 9.55 Å². The van der Waals surface area contributed by atoms with Crippen LogP contribution in [0.15, 0.2) is 33.9 Å². The van der Waals surface area contributed by atoms with Crippen LogP contribution in [0.1, 0.15) is 18.9 Å². The second-order valence-corrected chi connectivity index (χ2v) is 6.07. The van der Waals surface area contributed by atoms with Crippen LogP contribution in [0, 0.1) is 11.2 Å². The zero-order valence-electron chi connectivity index (χ0n) is 10.9. The zero-order chi connectivity index (χ0) is 14.1. The molecule has 6 heteroatoms. The summed E-state index contributed by atoms with van der Waals surface area (Å²) in [6.07, 6.45) is 7.04. The summed E-state index contributed by atoms with van der Waals surface area (Å²) in [6, 6.07) is 4.02. The molecule has 0 saturated carbocycles. The molecule has 3 rings (SSSR count). The number of nitriles is 1. The maximum absolute atomic E-state index is 12.5. The van der Waals surface area contributed by atoms with Gasteiger partial charge in [0.2, 0.25) is 0 Å². The Morgan fingerprint density at radius 2 is 2.20 bits per heavy atom. The molecular weight excluding hydrogens is 317 g/mol. The molecule has 4 nitrogen and oxygen atoms in total. The fourth-order valence-electron chi connectivity index (χ4n) is 2.90. The smallest absolute Gasteiger partial charge is 0.268 e. The molecule has 0 unspecified atom stereocenters. The summed E-state index contributed by atoms with van der Waals surface area (Å²) in [4.78, 5) is 16.7. The molecule has 2 aromatic heterocycles. The van der Waals surface area contributed by atoms with Gasteiger partial charge in [-0.05, 0) is 46.3 Å². The monoisotopic (exact) mass is 329 g/mol. The van der Waals surface area contributed by atoms with Crippen molar-refractivity contribution in [3.8, 4) is 5.97 Å². The van der Waals surface area contributed by atoms with Gasteiger partial charge in [0, 0.05) is 24.4 Å². The molecule has 1 aliphatic heterocycles. The minimum absolute atomic E-state index is 0.0166. The van der Waals surface area contributed by atoms with E-state index in [1.807, 2.05) is 22.9 Å². The van der Waals surface area contributed by atoms with Crippen LogP contribution in [0.3, 0.4) is 0 Å². The Hall–Kier alpha value is -1.61. The highest BCUT2D eigenvalue weighted by molar-refractivity contribution is 9.10. The van der Waals surface area contributed by atoms with E-state index in [0.717, 1.165) is 35.5 Å². The van der Waals surface area contributed by atoms with Gasteiger partial charge < -0.3 is 4.57 Å². The predicted molar refractivity (Wildman–Crippen MR) is 83.0 cm³/mol. The van der Waals surface area contributed by atoms with E-state index in [0.29, 0.717) is 5.39 Å². The molecular formula is C14H13BBrN3O. The number of fused-ring (bicyclic) bond motifs is 1. The highest BCUT2D eigenvalue weighted by atomic mass is 79.9. The average Bonchev–Trinajstić information content (AvgIpc) is 2.48. The Balaban J connectivity index is 1.97. The van der Waals surface area contributed by atoms with E-state index in [4.69, 9.17) is 5.26 Å². The molecule has 0 radical (unpaired) electrons. The Bertz CT molecular complexity index is 744. The molecule has 0 atom stereocenters. The summed E-state index contributed by atoms with van der Waals surface area (Å²) in [6.45, 7) is 0.153. The maximum Gasteiger partial charge on any atom is 0.268 e. The summed E-state index contributed by atoms with van der Waals surface area (Å²) in [5, 5.41) is 10.5. The Kier molecular flexibility index (Phi) is 3.62. The zero-order valence-corrected chi connectivity index (χ0v) is 12.5. The van der Waals surface area contributed by atoms with Gasteiger partial charge in [0.05, 0.1) is 5.39 Å². The number of aromatic nitrogens is 2. The normalized spacial score (nSPS) is 16.3. The van der Waals surface area contributed by atoms with Gasteiger partial charge in [-0.2, -0.15) is 0 Å². The van der Waals surface area contributed by atoms with E-state index >= 15 is 0 Å². The first-order valence-electron chi connectivity index (χ1n) is 6.75. The molecule has 20 heavy (non-hydrogen) atoms. The van der Waals surface area contributed by atoms with Crippen LogP contribution < -0.4 is 5.56 Å². The fourth-order valence-corrected chi connectivity index (χ4v) is 3.25. The molecule has 0 aliphatic carbocycles. The van der Waals surface area contributed by atoms with E-state index in [1.54, 1.807) is 6.20 Å². The Labute approximate surface area is 125 Å².